The van der Waals surface area contributed by atoms with Gasteiger partial charge >= 0.3 is 0 Å². The van der Waals surface area contributed by atoms with Gasteiger partial charge in [0, 0.05) is 6.54 Å². The fourth-order valence-electron chi connectivity index (χ4n) is 1.63. The average molecular weight is 219 g/mol. The van der Waals surface area contributed by atoms with Crippen LogP contribution < -0.4 is 0 Å². The molecule has 0 atom stereocenters. The monoisotopic (exact) mass is 219 g/mol. The van der Waals surface area contributed by atoms with Crippen molar-refractivity contribution in [2.45, 2.75) is 30.9 Å². The van der Waals surface area contributed by atoms with Crippen molar-refractivity contribution in [2.75, 3.05) is 13.1 Å². The highest BCUT2D eigenvalue weighted by molar-refractivity contribution is 7.90. The average Bonchev–Trinajstić information content (AvgIpc) is 2.85. The topological polar surface area (TPSA) is 37.4 Å². The largest absolute Gasteiger partial charge is 0.219 e. The molecule has 0 aromatic heterocycles. The summed E-state index contributed by atoms with van der Waals surface area (Å²) in [5.74, 6) is -0.330. The van der Waals surface area contributed by atoms with E-state index < -0.39 is 14.8 Å². The molecule has 1 aliphatic heterocycles. The van der Waals surface area contributed by atoms with Gasteiger partial charge < -0.3 is 0 Å². The summed E-state index contributed by atoms with van der Waals surface area (Å²) in [7, 11) is -3.27. The fraction of sp³-hybridized carbons (Fsp3) is 0.778. The third kappa shape index (κ3) is 1.48. The molecule has 5 heteroatoms. The van der Waals surface area contributed by atoms with Gasteiger partial charge in [0.1, 0.15) is 5.83 Å². The minimum Gasteiger partial charge on any atom is -0.212 e. The van der Waals surface area contributed by atoms with Crippen LogP contribution in [-0.2, 0) is 10.0 Å². The molecule has 2 rings (SSSR count). The van der Waals surface area contributed by atoms with Crippen molar-refractivity contribution in [3.8, 4) is 0 Å². The van der Waals surface area contributed by atoms with Crippen molar-refractivity contribution in [3.05, 3.63) is 11.9 Å². The van der Waals surface area contributed by atoms with E-state index in [9.17, 15) is 12.8 Å². The van der Waals surface area contributed by atoms with Gasteiger partial charge in [-0.05, 0) is 26.2 Å². The Kier molecular flexibility index (Phi) is 2.19. The van der Waals surface area contributed by atoms with Crippen LogP contribution in [0.2, 0.25) is 0 Å². The molecule has 80 valence electrons. The molecule has 0 saturated heterocycles. The summed E-state index contributed by atoms with van der Waals surface area (Å²) in [6.07, 6.45) is 3.36. The van der Waals surface area contributed by atoms with Crippen LogP contribution in [0.3, 0.4) is 0 Å². The molecule has 0 bridgehead atoms. The molecule has 3 nitrogen and oxygen atoms in total. The minimum atomic E-state index is -3.27. The third-order valence-corrected chi connectivity index (χ3v) is 5.63. The lowest BCUT2D eigenvalue weighted by molar-refractivity contribution is 0.382. The van der Waals surface area contributed by atoms with E-state index in [0.717, 1.165) is 0 Å². The van der Waals surface area contributed by atoms with Gasteiger partial charge in [0.2, 0.25) is 10.0 Å². The second-order valence-corrected chi connectivity index (χ2v) is 6.68. The Morgan fingerprint density at radius 3 is 2.64 bits per heavy atom. The van der Waals surface area contributed by atoms with Crippen LogP contribution in [-0.4, -0.2) is 30.6 Å². The number of nitrogens with zero attached hydrogens (tertiary/aromatic N) is 1. The van der Waals surface area contributed by atoms with Gasteiger partial charge in [0.05, 0.1) is 11.3 Å². The van der Waals surface area contributed by atoms with E-state index >= 15 is 0 Å². The Labute approximate surface area is 83.6 Å². The Morgan fingerprint density at radius 2 is 2.14 bits per heavy atom. The van der Waals surface area contributed by atoms with Gasteiger partial charge in [-0.1, -0.05) is 6.08 Å². The Hall–Kier alpha value is -0.420. The van der Waals surface area contributed by atoms with Crippen molar-refractivity contribution in [1.82, 2.24) is 4.31 Å². The van der Waals surface area contributed by atoms with E-state index in [1.54, 1.807) is 6.92 Å². The summed E-state index contributed by atoms with van der Waals surface area (Å²) in [5, 5.41) is 0. The second-order valence-electron chi connectivity index (χ2n) is 4.23. The first-order chi connectivity index (χ1) is 6.46. The first-order valence-corrected chi connectivity index (χ1v) is 6.24. The quantitative estimate of drug-likeness (QED) is 0.704. The Bertz CT molecular complexity index is 370. The molecule has 0 spiro atoms. The summed E-state index contributed by atoms with van der Waals surface area (Å²) in [6, 6.07) is 0. The van der Waals surface area contributed by atoms with E-state index in [1.165, 1.54) is 10.4 Å². The van der Waals surface area contributed by atoms with Crippen LogP contribution in [0.1, 0.15) is 26.2 Å². The zero-order valence-electron chi connectivity index (χ0n) is 8.16. The molecule has 0 aromatic carbocycles. The molecular formula is C9H14FNO2S. The maximum Gasteiger partial charge on any atom is 0.219 e. The molecule has 1 heterocycles. The lowest BCUT2D eigenvalue weighted by atomic mass is 10.3. The Balaban J connectivity index is 2.20. The van der Waals surface area contributed by atoms with E-state index in [-0.39, 0.29) is 12.4 Å². The predicted molar refractivity (Wildman–Crippen MR) is 51.9 cm³/mol. The van der Waals surface area contributed by atoms with Gasteiger partial charge in [-0.15, -0.1) is 0 Å². The number of hydrogen-bond acceptors (Lipinski definition) is 2. The molecule has 1 aliphatic carbocycles. The van der Waals surface area contributed by atoms with Gasteiger partial charge in [-0.25, -0.2) is 12.8 Å². The maximum absolute atomic E-state index is 12.9. The summed E-state index contributed by atoms with van der Waals surface area (Å²) < 4.78 is 37.5. The lowest BCUT2D eigenvalue weighted by Gasteiger charge is -2.26. The standard InChI is InChI=1S/C9H14FNO2S/c1-9(4-5-9)14(12,13)11-6-2-3-8(10)7-11/h3H,2,4-7H2,1H3. The van der Waals surface area contributed by atoms with E-state index in [0.29, 0.717) is 25.8 Å². The van der Waals surface area contributed by atoms with Crippen LogP contribution >= 0.6 is 0 Å². The molecule has 1 saturated carbocycles. The van der Waals surface area contributed by atoms with Crippen molar-refractivity contribution >= 4 is 10.0 Å². The summed E-state index contributed by atoms with van der Waals surface area (Å²) in [6.45, 7) is 2.09. The van der Waals surface area contributed by atoms with Crippen molar-refractivity contribution in [2.24, 2.45) is 0 Å². The van der Waals surface area contributed by atoms with Gasteiger partial charge in [0.25, 0.3) is 0 Å². The normalized spacial score (nSPS) is 27.1. The van der Waals surface area contributed by atoms with Crippen molar-refractivity contribution < 1.29 is 12.8 Å². The molecular weight excluding hydrogens is 205 g/mol. The van der Waals surface area contributed by atoms with Crippen molar-refractivity contribution in [1.29, 1.82) is 0 Å². The first kappa shape index (κ1) is 10.1. The number of hydrogen-bond donors (Lipinski definition) is 0. The maximum atomic E-state index is 12.9. The zero-order chi connectivity index (χ0) is 10.4. The number of rotatable bonds is 2. The molecule has 1 fully saturated rings. The smallest absolute Gasteiger partial charge is 0.212 e. The molecule has 0 radical (unpaired) electrons. The van der Waals surface area contributed by atoms with Gasteiger partial charge in [0.15, 0.2) is 0 Å². The molecule has 0 N–H and O–H groups in total. The molecule has 0 aromatic rings. The van der Waals surface area contributed by atoms with Gasteiger partial charge in [-0.3, -0.25) is 0 Å². The molecule has 14 heavy (non-hydrogen) atoms. The van der Waals surface area contributed by atoms with E-state index in [2.05, 4.69) is 0 Å². The van der Waals surface area contributed by atoms with Gasteiger partial charge in [-0.2, -0.15) is 4.31 Å². The summed E-state index contributed by atoms with van der Waals surface area (Å²) >= 11 is 0. The zero-order valence-corrected chi connectivity index (χ0v) is 8.98. The van der Waals surface area contributed by atoms with Crippen LogP contribution in [0.25, 0.3) is 0 Å². The number of halogens is 1. The van der Waals surface area contributed by atoms with Crippen LogP contribution in [0, 0.1) is 0 Å². The van der Waals surface area contributed by atoms with Crippen LogP contribution in [0.4, 0.5) is 4.39 Å². The van der Waals surface area contributed by atoms with E-state index in [4.69, 9.17) is 0 Å². The highest BCUT2D eigenvalue weighted by Gasteiger charge is 2.52. The SMILES string of the molecule is CC1(S(=O)(=O)N2CCC=C(F)C2)CC1. The molecule has 0 unspecified atom stereocenters. The molecule has 2 aliphatic rings. The predicted octanol–water partition coefficient (Wildman–Crippen LogP) is 1.43. The van der Waals surface area contributed by atoms with Crippen LogP contribution in [0.5, 0.6) is 0 Å². The van der Waals surface area contributed by atoms with Crippen molar-refractivity contribution in [3.63, 3.8) is 0 Å². The number of sulfonamides is 1. The highest BCUT2D eigenvalue weighted by atomic mass is 32.2. The third-order valence-electron chi connectivity index (χ3n) is 2.99. The summed E-state index contributed by atoms with van der Waals surface area (Å²) in [4.78, 5) is 0. The first-order valence-electron chi connectivity index (χ1n) is 4.80. The molecule has 0 amide bonds. The highest BCUT2D eigenvalue weighted by Crippen LogP contribution is 2.45. The van der Waals surface area contributed by atoms with E-state index in [1.807, 2.05) is 0 Å². The fourth-order valence-corrected chi connectivity index (χ4v) is 3.51. The lowest BCUT2D eigenvalue weighted by Crippen LogP contribution is -2.41. The second kappa shape index (κ2) is 3.03. The summed E-state index contributed by atoms with van der Waals surface area (Å²) in [5.41, 5.74) is 0. The minimum absolute atomic E-state index is 0.0715. The Morgan fingerprint density at radius 1 is 1.50 bits per heavy atom. The van der Waals surface area contributed by atoms with Crippen LogP contribution in [0.15, 0.2) is 11.9 Å².